The fraction of sp³-hybridized carbons (Fsp3) is 0.600. The third-order valence-electron chi connectivity index (χ3n) is 4.14. The van der Waals surface area contributed by atoms with E-state index in [9.17, 15) is 4.39 Å². The minimum atomic E-state index is -1.39. The Hall–Kier alpha value is -1.29. The zero-order valence-electron chi connectivity index (χ0n) is 11.5. The maximum Gasteiger partial charge on any atom is 0.165 e. The normalized spacial score (nSPS) is 20.2. The van der Waals surface area contributed by atoms with Gasteiger partial charge in [-0.15, -0.1) is 0 Å². The maximum absolute atomic E-state index is 14.3. The predicted molar refractivity (Wildman–Crippen MR) is 71.5 cm³/mol. The molecule has 2 N–H and O–H groups in total. The molecule has 2 aliphatic rings. The largest absolute Gasteiger partial charge is 0.486 e. The molecule has 1 saturated carbocycles. The summed E-state index contributed by atoms with van der Waals surface area (Å²) in [5.74, 6) is 1.42. The van der Waals surface area contributed by atoms with E-state index >= 15 is 0 Å². The number of nitrogens with two attached hydrogens (primary N) is 1. The van der Waals surface area contributed by atoms with Crippen LogP contribution in [0.1, 0.15) is 37.8 Å². The lowest BCUT2D eigenvalue weighted by atomic mass is 9.89. The van der Waals surface area contributed by atoms with Crippen LogP contribution in [0.2, 0.25) is 0 Å². The highest BCUT2D eigenvalue weighted by atomic mass is 19.1. The highest BCUT2D eigenvalue weighted by molar-refractivity contribution is 5.56. The number of benzene rings is 1. The van der Waals surface area contributed by atoms with Gasteiger partial charge in [0, 0.05) is 17.5 Å². The predicted octanol–water partition coefficient (Wildman–Crippen LogP) is 2.65. The van der Waals surface area contributed by atoms with Gasteiger partial charge in [0.15, 0.2) is 11.5 Å². The molecule has 1 fully saturated rings. The maximum atomic E-state index is 14.3. The van der Waals surface area contributed by atoms with Crippen molar-refractivity contribution in [3.8, 4) is 11.5 Å². The topological polar surface area (TPSA) is 44.5 Å². The van der Waals surface area contributed by atoms with Gasteiger partial charge in [-0.25, -0.2) is 4.39 Å². The Kier molecular flexibility index (Phi) is 2.75. The third-order valence-corrected chi connectivity index (χ3v) is 4.14. The molecule has 4 heteroatoms. The summed E-state index contributed by atoms with van der Waals surface area (Å²) in [5, 5.41) is 0. The van der Waals surface area contributed by atoms with Crippen LogP contribution < -0.4 is 15.2 Å². The van der Waals surface area contributed by atoms with Crippen LogP contribution in [0.4, 0.5) is 4.39 Å². The first kappa shape index (κ1) is 12.7. The monoisotopic (exact) mass is 265 g/mol. The van der Waals surface area contributed by atoms with E-state index in [0.29, 0.717) is 31.1 Å². The molecule has 0 radical (unpaired) electrons. The summed E-state index contributed by atoms with van der Waals surface area (Å²) in [7, 11) is 0. The number of halogens is 1. The lowest BCUT2D eigenvalue weighted by Gasteiger charge is -2.27. The van der Waals surface area contributed by atoms with E-state index in [1.165, 1.54) is 0 Å². The molecule has 1 heterocycles. The molecular formula is C15H20FNO2. The van der Waals surface area contributed by atoms with Crippen molar-refractivity contribution in [1.29, 1.82) is 0 Å². The summed E-state index contributed by atoms with van der Waals surface area (Å²) in [6, 6.07) is 3.66. The molecule has 0 spiro atoms. The highest BCUT2D eigenvalue weighted by Gasteiger charge is 2.46. The van der Waals surface area contributed by atoms with E-state index in [1.807, 2.05) is 6.07 Å². The van der Waals surface area contributed by atoms with Crippen LogP contribution in [0.15, 0.2) is 12.1 Å². The quantitative estimate of drug-likeness (QED) is 0.913. The van der Waals surface area contributed by atoms with Crippen molar-refractivity contribution in [1.82, 2.24) is 0 Å². The average Bonchev–Trinajstić information content (AvgIpc) is 3.17. The van der Waals surface area contributed by atoms with Gasteiger partial charge >= 0.3 is 0 Å². The Labute approximate surface area is 112 Å². The van der Waals surface area contributed by atoms with Gasteiger partial charge in [0.25, 0.3) is 0 Å². The van der Waals surface area contributed by atoms with Gasteiger partial charge in [-0.05, 0) is 44.4 Å². The van der Waals surface area contributed by atoms with Crippen LogP contribution in [0, 0.1) is 0 Å². The van der Waals surface area contributed by atoms with Gasteiger partial charge in [0.1, 0.15) is 18.9 Å². The minimum absolute atomic E-state index is 0.0357. The smallest absolute Gasteiger partial charge is 0.165 e. The molecule has 19 heavy (non-hydrogen) atoms. The van der Waals surface area contributed by atoms with Gasteiger partial charge in [0.2, 0.25) is 0 Å². The molecule has 3 rings (SSSR count). The van der Waals surface area contributed by atoms with Crippen LogP contribution in [0.5, 0.6) is 11.5 Å². The van der Waals surface area contributed by atoms with Crippen molar-refractivity contribution in [3.63, 3.8) is 0 Å². The second-order valence-electron chi connectivity index (χ2n) is 6.00. The Morgan fingerprint density at radius 3 is 2.53 bits per heavy atom. The summed E-state index contributed by atoms with van der Waals surface area (Å²) >= 11 is 0. The average molecular weight is 265 g/mol. The first-order chi connectivity index (χ1) is 8.96. The Balaban J connectivity index is 2.15. The fourth-order valence-corrected chi connectivity index (χ4v) is 2.63. The first-order valence-corrected chi connectivity index (χ1v) is 6.80. The van der Waals surface area contributed by atoms with E-state index in [2.05, 4.69) is 0 Å². The molecule has 0 unspecified atom stereocenters. The minimum Gasteiger partial charge on any atom is -0.486 e. The highest BCUT2D eigenvalue weighted by Crippen LogP contribution is 2.54. The van der Waals surface area contributed by atoms with Gasteiger partial charge in [0.05, 0.1) is 0 Å². The molecule has 1 aliphatic carbocycles. The van der Waals surface area contributed by atoms with Crippen LogP contribution in [-0.4, -0.2) is 19.8 Å². The van der Waals surface area contributed by atoms with Crippen molar-refractivity contribution in [2.45, 2.75) is 37.8 Å². The van der Waals surface area contributed by atoms with Crippen molar-refractivity contribution >= 4 is 0 Å². The number of hydrogen-bond donors (Lipinski definition) is 1. The number of hydrogen-bond acceptors (Lipinski definition) is 3. The lowest BCUT2D eigenvalue weighted by molar-refractivity contribution is 0.166. The molecule has 0 amide bonds. The van der Waals surface area contributed by atoms with Gasteiger partial charge in [-0.1, -0.05) is 0 Å². The second kappa shape index (κ2) is 4.10. The SMILES string of the molecule is CC(C)(F)c1cc2c(c(C3(CN)CC3)c1)OCCO2. The summed E-state index contributed by atoms with van der Waals surface area (Å²) in [6.45, 7) is 4.74. The molecule has 0 bridgehead atoms. The molecule has 0 saturated heterocycles. The Morgan fingerprint density at radius 1 is 1.26 bits per heavy atom. The van der Waals surface area contributed by atoms with Crippen LogP contribution in [-0.2, 0) is 11.1 Å². The molecule has 1 aliphatic heterocycles. The van der Waals surface area contributed by atoms with Crippen LogP contribution in [0.25, 0.3) is 0 Å². The Morgan fingerprint density at radius 2 is 1.95 bits per heavy atom. The molecule has 1 aromatic rings. The van der Waals surface area contributed by atoms with Gasteiger partial charge in [-0.3, -0.25) is 0 Å². The second-order valence-corrected chi connectivity index (χ2v) is 6.00. The zero-order valence-corrected chi connectivity index (χ0v) is 11.5. The summed E-state index contributed by atoms with van der Waals surface area (Å²) < 4.78 is 25.6. The van der Waals surface area contributed by atoms with Gasteiger partial charge < -0.3 is 15.2 Å². The molecule has 0 aromatic heterocycles. The van der Waals surface area contributed by atoms with E-state index in [4.69, 9.17) is 15.2 Å². The van der Waals surface area contributed by atoms with Crippen molar-refractivity contribution in [3.05, 3.63) is 23.3 Å². The van der Waals surface area contributed by atoms with Crippen LogP contribution >= 0.6 is 0 Å². The van der Waals surface area contributed by atoms with Crippen molar-refractivity contribution in [2.75, 3.05) is 19.8 Å². The molecular weight excluding hydrogens is 245 g/mol. The number of rotatable bonds is 3. The van der Waals surface area contributed by atoms with Crippen LogP contribution in [0.3, 0.4) is 0 Å². The summed E-state index contributed by atoms with van der Waals surface area (Å²) in [6.07, 6.45) is 2.07. The van der Waals surface area contributed by atoms with E-state index in [-0.39, 0.29) is 5.41 Å². The first-order valence-electron chi connectivity index (χ1n) is 6.80. The lowest BCUT2D eigenvalue weighted by Crippen LogP contribution is -2.25. The standard InChI is InChI=1S/C15H20FNO2/c1-14(2,16)10-7-11(15(9-17)3-4-15)13-12(8-10)18-5-6-19-13/h7-8H,3-6,9,17H2,1-2H3. The summed E-state index contributed by atoms with van der Waals surface area (Å²) in [5.41, 5.74) is 6.13. The molecule has 3 nitrogen and oxygen atoms in total. The van der Waals surface area contributed by atoms with E-state index in [0.717, 1.165) is 24.2 Å². The number of ether oxygens (including phenoxy) is 2. The number of fused-ring (bicyclic) bond motifs is 1. The van der Waals surface area contributed by atoms with E-state index in [1.54, 1.807) is 19.9 Å². The third kappa shape index (κ3) is 2.08. The fourth-order valence-electron chi connectivity index (χ4n) is 2.63. The zero-order chi connectivity index (χ0) is 13.7. The molecule has 1 aromatic carbocycles. The molecule has 104 valence electrons. The Bertz CT molecular complexity index is 504. The summed E-state index contributed by atoms with van der Waals surface area (Å²) in [4.78, 5) is 0. The number of alkyl halides is 1. The van der Waals surface area contributed by atoms with Gasteiger partial charge in [-0.2, -0.15) is 0 Å². The van der Waals surface area contributed by atoms with Crippen molar-refractivity contribution < 1.29 is 13.9 Å². The van der Waals surface area contributed by atoms with Crippen molar-refractivity contribution in [2.24, 2.45) is 5.73 Å². The van der Waals surface area contributed by atoms with E-state index < -0.39 is 5.67 Å². The molecule has 0 atom stereocenters.